The van der Waals surface area contributed by atoms with Crippen molar-refractivity contribution in [2.24, 2.45) is 4.99 Å². The molecular weight excluding hydrogens is 615 g/mol. The topological polar surface area (TPSA) is 108 Å². The number of aromatic nitrogens is 3. The van der Waals surface area contributed by atoms with Gasteiger partial charge in [-0.25, -0.2) is 14.5 Å². The van der Waals surface area contributed by atoms with Gasteiger partial charge in [0.15, 0.2) is 11.0 Å². The predicted octanol–water partition coefficient (Wildman–Crippen LogP) is 7.76. The third-order valence-corrected chi connectivity index (χ3v) is 8.34. The molecule has 2 amide bonds. The number of ether oxygens (including phenoxy) is 1. The number of aliphatic imine (C=N–C) groups is 1. The molecule has 2 unspecified atom stereocenters. The molecule has 238 valence electrons. The number of halogens is 3. The van der Waals surface area contributed by atoms with Crippen molar-refractivity contribution in [1.29, 1.82) is 5.26 Å². The van der Waals surface area contributed by atoms with Crippen molar-refractivity contribution < 1.29 is 22.7 Å². The lowest BCUT2D eigenvalue weighted by Gasteiger charge is -2.37. The van der Waals surface area contributed by atoms with E-state index >= 15 is 0 Å². The minimum atomic E-state index is -4.77. The van der Waals surface area contributed by atoms with E-state index in [9.17, 15) is 23.2 Å². The van der Waals surface area contributed by atoms with Crippen molar-refractivity contribution in [3.63, 3.8) is 0 Å². The second-order valence-electron chi connectivity index (χ2n) is 10.8. The largest absolute Gasteiger partial charge is 0.573 e. The van der Waals surface area contributed by atoms with Gasteiger partial charge in [-0.05, 0) is 73.7 Å². The van der Waals surface area contributed by atoms with Crippen LogP contribution in [0.3, 0.4) is 0 Å². The summed E-state index contributed by atoms with van der Waals surface area (Å²) in [5.74, 6) is 0.867. The Kier molecular flexibility index (Phi) is 9.96. The van der Waals surface area contributed by atoms with Crippen LogP contribution in [-0.4, -0.2) is 44.1 Å². The van der Waals surface area contributed by atoms with Crippen LogP contribution < -0.4 is 15.0 Å². The van der Waals surface area contributed by atoms with E-state index in [1.807, 2.05) is 6.92 Å². The fraction of sp³-hybridized carbons (Fsp3) is 0.303. The molecule has 1 fully saturated rings. The summed E-state index contributed by atoms with van der Waals surface area (Å²) in [5, 5.41) is 17.6. The zero-order valence-corrected chi connectivity index (χ0v) is 26.3. The van der Waals surface area contributed by atoms with Gasteiger partial charge < -0.3 is 15.0 Å². The van der Waals surface area contributed by atoms with Gasteiger partial charge in [0.25, 0.3) is 0 Å². The van der Waals surface area contributed by atoms with Crippen LogP contribution in [0.4, 0.5) is 23.7 Å². The molecule has 0 saturated carbocycles. The van der Waals surface area contributed by atoms with Gasteiger partial charge in [0.05, 0.1) is 11.8 Å². The van der Waals surface area contributed by atoms with Gasteiger partial charge >= 0.3 is 12.4 Å². The van der Waals surface area contributed by atoms with Crippen molar-refractivity contribution in [3.05, 3.63) is 89.7 Å². The van der Waals surface area contributed by atoms with E-state index in [0.29, 0.717) is 27.8 Å². The van der Waals surface area contributed by atoms with Crippen LogP contribution in [0.5, 0.6) is 5.75 Å². The summed E-state index contributed by atoms with van der Waals surface area (Å²) in [6, 6.07) is 19.2. The molecular formula is C33H32F3N7O2S. The number of hydrogen-bond acceptors (Lipinski definition) is 6. The lowest BCUT2D eigenvalue weighted by atomic mass is 10.0. The number of anilines is 1. The van der Waals surface area contributed by atoms with Crippen LogP contribution in [0, 0.1) is 18.3 Å². The van der Waals surface area contributed by atoms with Crippen LogP contribution in [0.25, 0.3) is 17.1 Å². The molecule has 0 aliphatic carbocycles. The van der Waals surface area contributed by atoms with Crippen LogP contribution in [0.15, 0.2) is 78.0 Å². The quantitative estimate of drug-likeness (QED) is 0.208. The number of nitriles is 1. The van der Waals surface area contributed by atoms with Crippen LogP contribution in [0.2, 0.25) is 0 Å². The summed E-state index contributed by atoms with van der Waals surface area (Å²) >= 11 is 1.53. The third-order valence-electron chi connectivity index (χ3n) is 7.36. The molecule has 2 heterocycles. The first-order valence-electron chi connectivity index (χ1n) is 14.7. The highest BCUT2D eigenvalue weighted by molar-refractivity contribution is 8.14. The summed E-state index contributed by atoms with van der Waals surface area (Å²) in [4.78, 5) is 24.0. The number of urea groups is 1. The van der Waals surface area contributed by atoms with Crippen molar-refractivity contribution in [2.45, 2.75) is 58.5 Å². The molecule has 0 radical (unpaired) electrons. The number of nitrogens with zero attached hydrogens (tertiary/aromatic N) is 6. The Labute approximate surface area is 269 Å². The minimum Gasteiger partial charge on any atom is -0.406 e. The second-order valence-corrected chi connectivity index (χ2v) is 11.9. The lowest BCUT2D eigenvalue weighted by Crippen LogP contribution is -2.42. The number of thioether (sulfide) groups is 1. The van der Waals surface area contributed by atoms with Crippen LogP contribution >= 0.6 is 11.8 Å². The number of nitrogens with one attached hydrogen (secondary N) is 1. The molecule has 1 aliphatic rings. The van der Waals surface area contributed by atoms with Crippen LogP contribution in [-0.2, 0) is 6.42 Å². The van der Waals surface area contributed by atoms with E-state index < -0.39 is 18.4 Å². The molecule has 1 aliphatic heterocycles. The van der Waals surface area contributed by atoms with Gasteiger partial charge in [-0.15, -0.1) is 18.3 Å². The molecule has 0 spiro atoms. The van der Waals surface area contributed by atoms with E-state index in [-0.39, 0.29) is 11.8 Å². The summed E-state index contributed by atoms with van der Waals surface area (Å²) in [6.45, 7) is 6.32. The molecule has 46 heavy (non-hydrogen) atoms. The van der Waals surface area contributed by atoms with Crippen LogP contribution in [0.1, 0.15) is 49.4 Å². The van der Waals surface area contributed by atoms with Crippen molar-refractivity contribution >= 4 is 28.6 Å². The number of benzene rings is 3. The average Bonchev–Trinajstić information content (AvgIpc) is 3.51. The Morgan fingerprint density at radius 1 is 1.17 bits per heavy atom. The number of amidine groups is 1. The monoisotopic (exact) mass is 647 g/mol. The Hall–Kier alpha value is -4.83. The molecule has 5 rings (SSSR count). The van der Waals surface area contributed by atoms with Gasteiger partial charge in [0.2, 0.25) is 0 Å². The molecule has 1 N–H and O–H groups in total. The van der Waals surface area contributed by atoms with Gasteiger partial charge in [-0.3, -0.25) is 0 Å². The molecule has 9 nitrogen and oxygen atoms in total. The van der Waals surface area contributed by atoms with E-state index in [2.05, 4.69) is 68.1 Å². The molecule has 1 saturated heterocycles. The van der Waals surface area contributed by atoms with E-state index in [1.165, 1.54) is 52.6 Å². The molecule has 0 bridgehead atoms. The van der Waals surface area contributed by atoms with E-state index in [0.717, 1.165) is 36.3 Å². The standard InChI is InChI=1S/C33H32F3N7O2S/c1-4-5-24-7-6-21(2)18-29(24)43-22(3)16-17-46-32(43)40-31(44)39-28(19-37)23-8-10-25(11-9-23)30-38-20-42(41-30)26-12-14-27(15-13-26)45-33(34,35)36/h6-15,18,20,22,28H,4-5,16-17H2,1-3H3,(H,39,44)/b40-32-. The first kappa shape index (κ1) is 32.6. The van der Waals surface area contributed by atoms with E-state index in [1.54, 1.807) is 24.3 Å². The number of alkyl halides is 3. The molecule has 13 heteroatoms. The normalized spacial score (nSPS) is 16.6. The van der Waals surface area contributed by atoms with Crippen molar-refractivity contribution in [3.8, 4) is 28.9 Å². The molecule has 1 aromatic heterocycles. The van der Waals surface area contributed by atoms with Crippen molar-refractivity contribution in [2.75, 3.05) is 10.7 Å². The number of carbonyl (C=O) groups excluding carboxylic acids is 1. The molecule has 3 aromatic carbocycles. The number of amides is 2. The predicted molar refractivity (Wildman–Crippen MR) is 172 cm³/mol. The van der Waals surface area contributed by atoms with E-state index in [4.69, 9.17) is 0 Å². The maximum atomic E-state index is 13.2. The Morgan fingerprint density at radius 2 is 1.91 bits per heavy atom. The molecule has 4 aromatic rings. The fourth-order valence-corrected chi connectivity index (χ4v) is 6.30. The third kappa shape index (κ3) is 7.87. The van der Waals surface area contributed by atoms with Gasteiger partial charge in [0.1, 0.15) is 18.1 Å². The zero-order chi connectivity index (χ0) is 32.8. The minimum absolute atomic E-state index is 0.157. The highest BCUT2D eigenvalue weighted by Crippen LogP contribution is 2.33. The summed E-state index contributed by atoms with van der Waals surface area (Å²) in [5.41, 5.74) is 5.09. The second kappa shape index (κ2) is 14.1. The maximum Gasteiger partial charge on any atom is 0.573 e. The highest BCUT2D eigenvalue weighted by atomic mass is 32.2. The van der Waals surface area contributed by atoms with Gasteiger partial charge in [-0.1, -0.05) is 61.5 Å². The Morgan fingerprint density at radius 3 is 2.59 bits per heavy atom. The average molecular weight is 648 g/mol. The smallest absolute Gasteiger partial charge is 0.406 e. The lowest BCUT2D eigenvalue weighted by molar-refractivity contribution is -0.274. The SMILES string of the molecule is CCCc1ccc(C)cc1N1/C(=N/C(=O)NC(C#N)c2ccc(-c3ncn(-c4ccc(OC(F)(F)F)cc4)n3)cc2)SCCC1C. The zero-order valence-electron chi connectivity index (χ0n) is 25.5. The van der Waals surface area contributed by atoms with Gasteiger partial charge in [-0.2, -0.15) is 10.3 Å². The first-order valence-corrected chi connectivity index (χ1v) is 15.7. The summed E-state index contributed by atoms with van der Waals surface area (Å²) in [6.07, 6.45) is -0.469. The number of aryl methyl sites for hydroxylation is 2. The first-order chi connectivity index (χ1) is 22.0. The fourth-order valence-electron chi connectivity index (χ4n) is 5.09. The Balaban J connectivity index is 1.29. The maximum absolute atomic E-state index is 13.2. The summed E-state index contributed by atoms with van der Waals surface area (Å²) in [7, 11) is 0. The van der Waals surface area contributed by atoms with Crippen molar-refractivity contribution in [1.82, 2.24) is 20.1 Å². The number of carbonyl (C=O) groups is 1. The number of rotatable bonds is 8. The molecule has 2 atom stereocenters. The highest BCUT2D eigenvalue weighted by Gasteiger charge is 2.31. The Bertz CT molecular complexity index is 1750. The van der Waals surface area contributed by atoms with Gasteiger partial charge in [0, 0.05) is 23.0 Å². The number of hydrogen-bond donors (Lipinski definition) is 1. The summed E-state index contributed by atoms with van der Waals surface area (Å²) < 4.78 is 42.7.